The molecule has 4 aromatic rings. The van der Waals surface area contributed by atoms with Gasteiger partial charge in [-0.2, -0.15) is 10.2 Å². The molecule has 7 heteroatoms. The molecule has 7 nitrogen and oxygen atoms in total. The SMILES string of the molecule is Cc1nc(-c2ccccc2)n(CC(=O)NCc2c(C)nn(Cc3ccccc3)c2C)n1. The Kier molecular flexibility index (Phi) is 5.93. The molecule has 0 saturated carbocycles. The Morgan fingerprint density at radius 2 is 1.58 bits per heavy atom. The zero-order chi connectivity index (χ0) is 21.8. The van der Waals surface area contributed by atoms with Crippen LogP contribution in [0.15, 0.2) is 60.7 Å². The molecule has 0 radical (unpaired) electrons. The molecule has 0 aliphatic rings. The van der Waals surface area contributed by atoms with Gasteiger partial charge >= 0.3 is 0 Å². The maximum Gasteiger partial charge on any atom is 0.242 e. The number of carbonyl (C=O) groups is 1. The lowest BCUT2D eigenvalue weighted by molar-refractivity contribution is -0.122. The van der Waals surface area contributed by atoms with E-state index in [-0.39, 0.29) is 12.5 Å². The number of nitrogens with zero attached hydrogens (tertiary/aromatic N) is 5. The summed E-state index contributed by atoms with van der Waals surface area (Å²) in [4.78, 5) is 17.2. The van der Waals surface area contributed by atoms with Gasteiger partial charge in [0.15, 0.2) is 5.82 Å². The molecule has 0 spiro atoms. The van der Waals surface area contributed by atoms with Gasteiger partial charge in [-0.3, -0.25) is 9.48 Å². The minimum Gasteiger partial charge on any atom is -0.350 e. The van der Waals surface area contributed by atoms with Crippen molar-refractivity contribution < 1.29 is 4.79 Å². The van der Waals surface area contributed by atoms with Crippen molar-refractivity contribution in [3.8, 4) is 11.4 Å². The van der Waals surface area contributed by atoms with E-state index in [1.807, 2.05) is 74.0 Å². The quantitative estimate of drug-likeness (QED) is 0.503. The molecule has 0 fully saturated rings. The number of hydrogen-bond acceptors (Lipinski definition) is 4. The molecule has 0 saturated heterocycles. The fraction of sp³-hybridized carbons (Fsp3) is 0.250. The van der Waals surface area contributed by atoms with Crippen LogP contribution >= 0.6 is 0 Å². The van der Waals surface area contributed by atoms with E-state index in [0.717, 1.165) is 22.5 Å². The van der Waals surface area contributed by atoms with Crippen molar-refractivity contribution in [3.05, 3.63) is 89.0 Å². The predicted octanol–water partition coefficient (Wildman–Crippen LogP) is 3.43. The topological polar surface area (TPSA) is 77.6 Å². The molecule has 1 N–H and O–H groups in total. The smallest absolute Gasteiger partial charge is 0.242 e. The van der Waals surface area contributed by atoms with E-state index in [1.165, 1.54) is 5.56 Å². The summed E-state index contributed by atoms with van der Waals surface area (Å²) in [5, 5.41) is 12.1. The number of rotatable bonds is 7. The number of aryl methyl sites for hydroxylation is 2. The van der Waals surface area contributed by atoms with Crippen LogP contribution in [-0.2, 0) is 24.4 Å². The molecule has 0 atom stereocenters. The molecular formula is C24H26N6O. The molecule has 2 heterocycles. The van der Waals surface area contributed by atoms with Crippen molar-refractivity contribution in [2.24, 2.45) is 0 Å². The maximum absolute atomic E-state index is 12.7. The van der Waals surface area contributed by atoms with Crippen LogP contribution in [0.1, 0.15) is 28.3 Å². The van der Waals surface area contributed by atoms with Crippen molar-refractivity contribution in [3.63, 3.8) is 0 Å². The Morgan fingerprint density at radius 1 is 0.903 bits per heavy atom. The molecule has 1 amide bonds. The van der Waals surface area contributed by atoms with E-state index < -0.39 is 0 Å². The Morgan fingerprint density at radius 3 is 2.29 bits per heavy atom. The largest absolute Gasteiger partial charge is 0.350 e. The van der Waals surface area contributed by atoms with E-state index in [0.29, 0.717) is 24.7 Å². The molecule has 0 aliphatic carbocycles. The highest BCUT2D eigenvalue weighted by Gasteiger charge is 2.15. The van der Waals surface area contributed by atoms with Crippen molar-refractivity contribution in [2.75, 3.05) is 0 Å². The zero-order valence-electron chi connectivity index (χ0n) is 18.0. The van der Waals surface area contributed by atoms with Gasteiger partial charge in [-0.1, -0.05) is 60.7 Å². The van der Waals surface area contributed by atoms with E-state index in [2.05, 4.69) is 32.6 Å². The monoisotopic (exact) mass is 414 g/mol. The Bertz CT molecular complexity index is 1180. The van der Waals surface area contributed by atoms with Crippen LogP contribution in [0.3, 0.4) is 0 Å². The first-order chi connectivity index (χ1) is 15.0. The highest BCUT2D eigenvalue weighted by atomic mass is 16.2. The number of hydrogen-bond donors (Lipinski definition) is 1. The van der Waals surface area contributed by atoms with Crippen molar-refractivity contribution in [1.82, 2.24) is 29.9 Å². The molecule has 4 rings (SSSR count). The summed E-state index contributed by atoms with van der Waals surface area (Å²) in [5.41, 5.74) is 5.16. The molecule has 0 aliphatic heterocycles. The van der Waals surface area contributed by atoms with E-state index in [1.54, 1.807) is 4.68 Å². The number of nitrogens with one attached hydrogen (secondary N) is 1. The zero-order valence-corrected chi connectivity index (χ0v) is 18.0. The van der Waals surface area contributed by atoms with Gasteiger partial charge in [-0.25, -0.2) is 9.67 Å². The summed E-state index contributed by atoms with van der Waals surface area (Å²) >= 11 is 0. The minimum atomic E-state index is -0.114. The minimum absolute atomic E-state index is 0.112. The highest BCUT2D eigenvalue weighted by molar-refractivity contribution is 5.76. The van der Waals surface area contributed by atoms with Crippen LogP contribution in [-0.4, -0.2) is 30.5 Å². The fourth-order valence-corrected chi connectivity index (χ4v) is 3.65. The Hall–Kier alpha value is -3.74. The number of carbonyl (C=O) groups excluding carboxylic acids is 1. The second-order valence-electron chi connectivity index (χ2n) is 7.58. The van der Waals surface area contributed by atoms with Crippen LogP contribution in [0.25, 0.3) is 11.4 Å². The predicted molar refractivity (Wildman–Crippen MR) is 119 cm³/mol. The van der Waals surface area contributed by atoms with Gasteiger partial charge in [-0.05, 0) is 26.3 Å². The Balaban J connectivity index is 1.43. The standard InChI is InChI=1S/C24H26N6O/c1-17-22(18(2)29(27-17)15-20-10-6-4-7-11-20)14-25-23(31)16-30-24(26-19(3)28-30)21-12-8-5-9-13-21/h4-13H,14-16H2,1-3H3,(H,25,31). The highest BCUT2D eigenvalue weighted by Crippen LogP contribution is 2.17. The van der Waals surface area contributed by atoms with Gasteiger partial charge < -0.3 is 5.32 Å². The van der Waals surface area contributed by atoms with Crippen LogP contribution in [0.5, 0.6) is 0 Å². The molecule has 0 bridgehead atoms. The second-order valence-corrected chi connectivity index (χ2v) is 7.58. The van der Waals surface area contributed by atoms with Gasteiger partial charge in [0.1, 0.15) is 12.4 Å². The lowest BCUT2D eigenvalue weighted by atomic mass is 10.2. The first-order valence-electron chi connectivity index (χ1n) is 10.3. The summed E-state index contributed by atoms with van der Waals surface area (Å²) in [6, 6.07) is 20.0. The van der Waals surface area contributed by atoms with Crippen LogP contribution < -0.4 is 5.32 Å². The normalized spacial score (nSPS) is 10.9. The van der Waals surface area contributed by atoms with Crippen molar-refractivity contribution in [1.29, 1.82) is 0 Å². The summed E-state index contributed by atoms with van der Waals surface area (Å²) in [5.74, 6) is 1.22. The second kappa shape index (κ2) is 8.95. The molecule has 2 aromatic heterocycles. The average molecular weight is 415 g/mol. The van der Waals surface area contributed by atoms with E-state index >= 15 is 0 Å². The number of aromatic nitrogens is 5. The maximum atomic E-state index is 12.7. The van der Waals surface area contributed by atoms with Gasteiger partial charge in [0.05, 0.1) is 12.2 Å². The van der Waals surface area contributed by atoms with E-state index in [9.17, 15) is 4.79 Å². The lowest BCUT2D eigenvalue weighted by Crippen LogP contribution is -2.28. The van der Waals surface area contributed by atoms with Crippen LogP contribution in [0.4, 0.5) is 0 Å². The number of amides is 1. The third-order valence-electron chi connectivity index (χ3n) is 5.27. The van der Waals surface area contributed by atoms with Crippen molar-refractivity contribution in [2.45, 2.75) is 40.4 Å². The molecule has 158 valence electrons. The third kappa shape index (κ3) is 4.71. The lowest BCUT2D eigenvalue weighted by Gasteiger charge is -2.09. The molecular weight excluding hydrogens is 388 g/mol. The average Bonchev–Trinajstić information content (AvgIpc) is 3.26. The Labute approximate surface area is 181 Å². The summed E-state index contributed by atoms with van der Waals surface area (Å²) in [7, 11) is 0. The van der Waals surface area contributed by atoms with Gasteiger partial charge in [-0.15, -0.1) is 0 Å². The fourth-order valence-electron chi connectivity index (χ4n) is 3.65. The summed E-state index contributed by atoms with van der Waals surface area (Å²) in [6.45, 7) is 7.10. The third-order valence-corrected chi connectivity index (χ3v) is 5.27. The van der Waals surface area contributed by atoms with Gasteiger partial charge in [0.25, 0.3) is 0 Å². The van der Waals surface area contributed by atoms with E-state index in [4.69, 9.17) is 0 Å². The van der Waals surface area contributed by atoms with Crippen LogP contribution in [0.2, 0.25) is 0 Å². The summed E-state index contributed by atoms with van der Waals surface area (Å²) < 4.78 is 3.64. The molecule has 31 heavy (non-hydrogen) atoms. The van der Waals surface area contributed by atoms with Crippen molar-refractivity contribution >= 4 is 5.91 Å². The van der Waals surface area contributed by atoms with Gasteiger partial charge in [0, 0.05) is 23.4 Å². The number of benzene rings is 2. The summed E-state index contributed by atoms with van der Waals surface area (Å²) in [6.07, 6.45) is 0. The molecule has 2 aromatic carbocycles. The first kappa shape index (κ1) is 20.5. The van der Waals surface area contributed by atoms with Gasteiger partial charge in [0.2, 0.25) is 5.91 Å². The molecule has 0 unspecified atom stereocenters. The van der Waals surface area contributed by atoms with Crippen LogP contribution in [0, 0.1) is 20.8 Å². The first-order valence-corrected chi connectivity index (χ1v) is 10.3.